The Morgan fingerprint density at radius 1 is 1.33 bits per heavy atom. The van der Waals surface area contributed by atoms with E-state index >= 15 is 0 Å². The Kier molecular flexibility index (Phi) is 6.66. The molecule has 1 N–H and O–H groups in total. The number of fused-ring (bicyclic) bond motifs is 1. The lowest BCUT2D eigenvalue weighted by Crippen LogP contribution is -2.53. The fraction of sp³-hybridized carbons (Fsp3) is 0.600. The topological polar surface area (TPSA) is 88.8 Å². The minimum Gasteiger partial charge on any atom is -0.493 e. The number of rotatable bonds is 11. The van der Waals surface area contributed by atoms with Crippen LogP contribution in [0.15, 0.2) is 24.9 Å². The van der Waals surface area contributed by atoms with Gasteiger partial charge in [-0.3, -0.25) is 4.40 Å². The van der Waals surface area contributed by atoms with Gasteiger partial charge in [-0.1, -0.05) is 26.8 Å². The highest BCUT2D eigenvalue weighted by molar-refractivity contribution is 7.90. The first-order valence-corrected chi connectivity index (χ1v) is 11.7. The van der Waals surface area contributed by atoms with Crippen molar-refractivity contribution >= 4 is 21.8 Å². The first-order valence-electron chi connectivity index (χ1n) is 10.3. The molecule has 3 heterocycles. The standard InChI is InChI=1S/C20H30FN5O3S/c1-5-9-20(7-3,8-4)14-29-17-10-18-22-23-19(26(18)11-15(17)6-2)24-30(27,28)25-12-16(21)13-25/h5,10-11,16H,1,6-9,12-14H2,2-4H3,(H,23,24). The summed E-state index contributed by atoms with van der Waals surface area (Å²) in [6.45, 7) is 10.4. The average Bonchev–Trinajstić information content (AvgIpc) is 3.09. The zero-order valence-electron chi connectivity index (χ0n) is 17.8. The molecule has 0 saturated carbocycles. The van der Waals surface area contributed by atoms with Gasteiger partial charge in [0.15, 0.2) is 5.65 Å². The molecule has 1 fully saturated rings. The van der Waals surface area contributed by atoms with Crippen LogP contribution in [0.2, 0.25) is 0 Å². The number of nitrogens with zero attached hydrogens (tertiary/aromatic N) is 4. The molecule has 0 bridgehead atoms. The summed E-state index contributed by atoms with van der Waals surface area (Å²) >= 11 is 0. The van der Waals surface area contributed by atoms with Crippen LogP contribution in [0, 0.1) is 5.41 Å². The van der Waals surface area contributed by atoms with Crippen LogP contribution >= 0.6 is 0 Å². The molecule has 0 amide bonds. The van der Waals surface area contributed by atoms with Crippen LogP contribution < -0.4 is 9.46 Å². The first kappa shape index (κ1) is 22.5. The number of aromatic nitrogens is 3. The molecule has 0 aromatic carbocycles. The van der Waals surface area contributed by atoms with E-state index in [0.29, 0.717) is 24.4 Å². The van der Waals surface area contributed by atoms with Crippen LogP contribution in [-0.4, -0.2) is 53.2 Å². The fourth-order valence-electron chi connectivity index (χ4n) is 3.53. The second-order valence-corrected chi connectivity index (χ2v) is 9.45. The third kappa shape index (κ3) is 4.44. The molecule has 0 aliphatic carbocycles. The highest BCUT2D eigenvalue weighted by atomic mass is 32.2. The number of hydrogen-bond acceptors (Lipinski definition) is 5. The maximum atomic E-state index is 13.0. The molecule has 30 heavy (non-hydrogen) atoms. The van der Waals surface area contributed by atoms with Gasteiger partial charge in [-0.2, -0.15) is 12.7 Å². The van der Waals surface area contributed by atoms with Crippen molar-refractivity contribution in [2.24, 2.45) is 5.41 Å². The van der Waals surface area contributed by atoms with Gasteiger partial charge in [-0.15, -0.1) is 16.8 Å². The predicted octanol–water partition coefficient (Wildman–Crippen LogP) is 3.36. The summed E-state index contributed by atoms with van der Waals surface area (Å²) in [5.74, 6) is 0.779. The van der Waals surface area contributed by atoms with Crippen molar-refractivity contribution in [1.82, 2.24) is 18.9 Å². The van der Waals surface area contributed by atoms with E-state index in [1.54, 1.807) is 16.7 Å². The molecular formula is C20H30FN5O3S. The van der Waals surface area contributed by atoms with Crippen molar-refractivity contribution in [3.8, 4) is 5.75 Å². The van der Waals surface area contributed by atoms with Gasteiger partial charge < -0.3 is 4.74 Å². The van der Waals surface area contributed by atoms with Crippen LogP contribution in [-0.2, 0) is 16.6 Å². The Labute approximate surface area is 177 Å². The van der Waals surface area contributed by atoms with E-state index in [2.05, 4.69) is 35.3 Å². The van der Waals surface area contributed by atoms with Gasteiger partial charge >= 0.3 is 10.2 Å². The minimum atomic E-state index is -3.86. The Balaban J connectivity index is 1.84. The molecule has 0 radical (unpaired) electrons. The van der Waals surface area contributed by atoms with E-state index in [4.69, 9.17) is 4.74 Å². The van der Waals surface area contributed by atoms with Crippen molar-refractivity contribution in [2.45, 2.75) is 52.6 Å². The molecule has 0 unspecified atom stereocenters. The Bertz CT molecular complexity index is 997. The van der Waals surface area contributed by atoms with Crippen LogP contribution in [0.3, 0.4) is 0 Å². The van der Waals surface area contributed by atoms with Crippen molar-refractivity contribution in [1.29, 1.82) is 0 Å². The average molecular weight is 440 g/mol. The molecule has 10 heteroatoms. The van der Waals surface area contributed by atoms with Gasteiger partial charge in [0, 0.05) is 36.3 Å². The molecule has 8 nitrogen and oxygen atoms in total. The lowest BCUT2D eigenvalue weighted by molar-refractivity contribution is 0.134. The lowest BCUT2D eigenvalue weighted by atomic mass is 9.80. The number of halogens is 1. The maximum Gasteiger partial charge on any atom is 0.304 e. The van der Waals surface area contributed by atoms with Crippen LogP contribution in [0.5, 0.6) is 5.75 Å². The molecule has 1 aliphatic heterocycles. The highest BCUT2D eigenvalue weighted by Crippen LogP contribution is 2.33. The zero-order chi connectivity index (χ0) is 21.9. The maximum absolute atomic E-state index is 13.0. The summed E-state index contributed by atoms with van der Waals surface area (Å²) in [7, 11) is -3.86. The molecule has 2 aromatic rings. The molecule has 1 saturated heterocycles. The molecular weight excluding hydrogens is 409 g/mol. The number of ether oxygens (including phenoxy) is 1. The van der Waals surface area contributed by atoms with Gasteiger partial charge in [-0.05, 0) is 25.7 Å². The first-order chi connectivity index (χ1) is 14.3. The molecule has 2 aromatic heterocycles. The second-order valence-electron chi connectivity index (χ2n) is 7.78. The number of allylic oxidation sites excluding steroid dienone is 1. The van der Waals surface area contributed by atoms with E-state index in [9.17, 15) is 12.8 Å². The monoisotopic (exact) mass is 439 g/mol. The largest absolute Gasteiger partial charge is 0.493 e. The van der Waals surface area contributed by atoms with E-state index in [1.165, 1.54) is 0 Å². The smallest absolute Gasteiger partial charge is 0.304 e. The quantitative estimate of drug-likeness (QED) is 0.543. The van der Waals surface area contributed by atoms with Crippen molar-refractivity contribution < 1.29 is 17.5 Å². The molecule has 166 valence electrons. The van der Waals surface area contributed by atoms with Gasteiger partial charge in [-0.25, -0.2) is 9.11 Å². The van der Waals surface area contributed by atoms with E-state index < -0.39 is 16.4 Å². The summed E-state index contributed by atoms with van der Waals surface area (Å²) < 4.78 is 49.0. The molecule has 1 aliphatic rings. The van der Waals surface area contributed by atoms with E-state index in [0.717, 1.165) is 29.1 Å². The number of anilines is 1. The van der Waals surface area contributed by atoms with Crippen molar-refractivity contribution in [2.75, 3.05) is 24.4 Å². The number of hydrogen-bond donors (Lipinski definition) is 1. The third-order valence-corrected chi connectivity index (χ3v) is 7.36. The normalized spacial score (nSPS) is 15.9. The van der Waals surface area contributed by atoms with Crippen LogP contribution in [0.25, 0.3) is 5.65 Å². The lowest BCUT2D eigenvalue weighted by Gasteiger charge is -2.32. The van der Waals surface area contributed by atoms with Gasteiger partial charge in [0.05, 0.1) is 6.61 Å². The van der Waals surface area contributed by atoms with Crippen LogP contribution in [0.1, 0.15) is 45.6 Å². The van der Waals surface area contributed by atoms with E-state index in [1.807, 2.05) is 13.0 Å². The number of pyridine rings is 1. The van der Waals surface area contributed by atoms with E-state index in [-0.39, 0.29) is 24.5 Å². The Morgan fingerprint density at radius 2 is 2.03 bits per heavy atom. The summed E-state index contributed by atoms with van der Waals surface area (Å²) in [4.78, 5) is 0. The third-order valence-electron chi connectivity index (χ3n) is 5.94. The Hall–Kier alpha value is -2.20. The summed E-state index contributed by atoms with van der Waals surface area (Å²) in [5, 5.41) is 8.04. The molecule has 0 atom stereocenters. The zero-order valence-corrected chi connectivity index (χ0v) is 18.6. The summed E-state index contributed by atoms with van der Waals surface area (Å²) in [6, 6.07) is 1.77. The van der Waals surface area contributed by atoms with Gasteiger partial charge in [0.2, 0.25) is 5.95 Å². The van der Waals surface area contributed by atoms with Crippen molar-refractivity contribution in [3.05, 3.63) is 30.5 Å². The van der Waals surface area contributed by atoms with Crippen molar-refractivity contribution in [3.63, 3.8) is 0 Å². The minimum absolute atomic E-state index is 0.0266. The Morgan fingerprint density at radius 3 is 2.60 bits per heavy atom. The molecule has 0 spiro atoms. The molecule has 3 rings (SSSR count). The summed E-state index contributed by atoms with van der Waals surface area (Å²) in [5.41, 5.74) is 1.41. The summed E-state index contributed by atoms with van der Waals surface area (Å²) in [6.07, 6.45) is 6.11. The van der Waals surface area contributed by atoms with Gasteiger partial charge in [0.1, 0.15) is 11.9 Å². The highest BCUT2D eigenvalue weighted by Gasteiger charge is 2.36. The fourth-order valence-corrected chi connectivity index (χ4v) is 4.75. The SMILES string of the molecule is C=CCC(CC)(CC)COc1cc2nnc(NS(=O)(=O)N3CC(F)C3)n2cc1CC. The number of nitrogens with one attached hydrogen (secondary N) is 1. The predicted molar refractivity (Wildman–Crippen MR) is 115 cm³/mol. The van der Waals surface area contributed by atoms with Gasteiger partial charge in [0.25, 0.3) is 0 Å². The number of alkyl halides is 1. The second kappa shape index (κ2) is 8.89. The van der Waals surface area contributed by atoms with Crippen LogP contribution in [0.4, 0.5) is 10.3 Å². The number of aryl methyl sites for hydroxylation is 1.